The van der Waals surface area contributed by atoms with Crippen LogP contribution in [0.5, 0.6) is 0 Å². The molecular weight excluding hydrogens is 1010 g/mol. The van der Waals surface area contributed by atoms with E-state index in [0.29, 0.717) is 19.3 Å². The van der Waals surface area contributed by atoms with Gasteiger partial charge in [0.15, 0.2) is 6.10 Å². The molecular formula is C76H130O6. The van der Waals surface area contributed by atoms with Crippen LogP contribution in [0.3, 0.4) is 0 Å². The summed E-state index contributed by atoms with van der Waals surface area (Å²) in [4.78, 5) is 38.2. The van der Waals surface area contributed by atoms with Crippen molar-refractivity contribution in [3.63, 3.8) is 0 Å². The molecule has 1 unspecified atom stereocenters. The second kappa shape index (κ2) is 69.6. The standard InChI is InChI=1S/C76H130O6/c1-4-7-10-13-16-19-21-23-25-27-29-31-33-34-35-36-37-38-39-40-41-42-44-45-47-49-51-53-55-57-60-63-66-69-75(78)81-72-73(71-80-74(77)68-65-62-59-18-15-12-9-6-3)82-76(79)70-67-64-61-58-56-54-52-50-48-46-43-32-30-28-26-24-22-20-17-14-11-8-5-2/h8,11,17,20-21,23-24,26-27,29-30,32,46,48,52,54,58,61,73H,4-7,9-10,12-16,18-19,22,25,28,31,33-45,47,49-51,53,55-57,59-60,62-72H2,1-3H3/b11-8-,20-17-,23-21-,26-24-,29-27-,32-30-,48-46-,54-52-,61-58-. The first-order valence-electron chi connectivity index (χ1n) is 34.9. The van der Waals surface area contributed by atoms with E-state index >= 15 is 0 Å². The van der Waals surface area contributed by atoms with Gasteiger partial charge >= 0.3 is 17.9 Å². The van der Waals surface area contributed by atoms with Gasteiger partial charge in [0.1, 0.15) is 13.2 Å². The van der Waals surface area contributed by atoms with Gasteiger partial charge < -0.3 is 14.2 Å². The molecule has 0 aromatic heterocycles. The number of hydrogen-bond donors (Lipinski definition) is 0. The van der Waals surface area contributed by atoms with E-state index in [1.54, 1.807) is 0 Å². The summed E-state index contributed by atoms with van der Waals surface area (Å²) >= 11 is 0. The number of hydrogen-bond acceptors (Lipinski definition) is 6. The van der Waals surface area contributed by atoms with Crippen LogP contribution < -0.4 is 0 Å². The Morgan fingerprint density at radius 3 is 0.780 bits per heavy atom. The SMILES string of the molecule is CC/C=C\C/C=C\C/C=C\C/C=C\C/C=C\C/C=C\C/C=C\CCCC(=O)OC(COC(=O)CCCCCCCCCC)COC(=O)CCCCCCCCCCCCCCCCCCCCCCC/C=C\C/C=C\CCCCCCC. The summed E-state index contributed by atoms with van der Waals surface area (Å²) in [5.41, 5.74) is 0. The molecule has 0 saturated heterocycles. The highest BCUT2D eigenvalue weighted by atomic mass is 16.6. The highest BCUT2D eigenvalue weighted by Gasteiger charge is 2.19. The number of allylic oxidation sites excluding steroid dienone is 18. The third-order valence-electron chi connectivity index (χ3n) is 15.0. The summed E-state index contributed by atoms with van der Waals surface area (Å²) in [7, 11) is 0. The lowest BCUT2D eigenvalue weighted by atomic mass is 10.0. The van der Waals surface area contributed by atoms with Crippen molar-refractivity contribution in [3.8, 4) is 0 Å². The molecule has 0 aromatic rings. The molecule has 1 atom stereocenters. The lowest BCUT2D eigenvalue weighted by Crippen LogP contribution is -2.30. The first-order valence-corrected chi connectivity index (χ1v) is 34.9. The summed E-state index contributed by atoms with van der Waals surface area (Å²) in [6, 6.07) is 0. The quantitative estimate of drug-likeness (QED) is 0.0261. The molecule has 0 N–H and O–H groups in total. The number of carbonyl (C=O) groups is 3. The number of rotatable bonds is 63. The summed E-state index contributed by atoms with van der Waals surface area (Å²) in [6.07, 6.45) is 95.8. The van der Waals surface area contributed by atoms with Crippen molar-refractivity contribution in [1.82, 2.24) is 0 Å². The number of ether oxygens (including phenoxy) is 3. The van der Waals surface area contributed by atoms with Crippen molar-refractivity contribution in [2.45, 2.75) is 341 Å². The molecule has 470 valence electrons. The lowest BCUT2D eigenvalue weighted by Gasteiger charge is -2.18. The largest absolute Gasteiger partial charge is 0.462 e. The third-order valence-corrected chi connectivity index (χ3v) is 15.0. The van der Waals surface area contributed by atoms with Crippen LogP contribution in [0.25, 0.3) is 0 Å². The van der Waals surface area contributed by atoms with E-state index in [0.717, 1.165) is 96.3 Å². The van der Waals surface area contributed by atoms with Crippen LogP contribution in [-0.4, -0.2) is 37.2 Å². The Labute approximate surface area is 508 Å². The number of unbranched alkanes of at least 4 members (excludes halogenated alkanes) is 34. The fraction of sp³-hybridized carbons (Fsp3) is 0.724. The zero-order chi connectivity index (χ0) is 59.2. The molecule has 0 bridgehead atoms. The second-order valence-electron chi connectivity index (χ2n) is 23.1. The summed E-state index contributed by atoms with van der Waals surface area (Å²) in [5, 5.41) is 0. The summed E-state index contributed by atoms with van der Waals surface area (Å²) in [5.74, 6) is -0.953. The van der Waals surface area contributed by atoms with Crippen molar-refractivity contribution in [3.05, 3.63) is 109 Å². The highest BCUT2D eigenvalue weighted by molar-refractivity contribution is 5.71. The van der Waals surface area contributed by atoms with Gasteiger partial charge in [-0.25, -0.2) is 0 Å². The van der Waals surface area contributed by atoms with E-state index in [9.17, 15) is 14.4 Å². The van der Waals surface area contributed by atoms with E-state index in [1.807, 2.05) is 0 Å². The van der Waals surface area contributed by atoms with Gasteiger partial charge in [-0.15, -0.1) is 0 Å². The van der Waals surface area contributed by atoms with Crippen molar-refractivity contribution in [2.75, 3.05) is 13.2 Å². The average molecular weight is 1140 g/mol. The summed E-state index contributed by atoms with van der Waals surface area (Å²) < 4.78 is 16.8. The zero-order valence-corrected chi connectivity index (χ0v) is 54.0. The van der Waals surface area contributed by atoms with E-state index in [2.05, 4.69) is 130 Å². The van der Waals surface area contributed by atoms with Gasteiger partial charge in [-0.05, 0) is 103 Å². The van der Waals surface area contributed by atoms with Crippen LogP contribution in [0, 0.1) is 0 Å². The molecule has 82 heavy (non-hydrogen) atoms. The number of carbonyl (C=O) groups excluding carboxylic acids is 3. The van der Waals surface area contributed by atoms with Crippen LogP contribution in [0.2, 0.25) is 0 Å². The molecule has 0 rings (SSSR count). The maximum atomic E-state index is 12.9. The second-order valence-corrected chi connectivity index (χ2v) is 23.1. The smallest absolute Gasteiger partial charge is 0.306 e. The minimum Gasteiger partial charge on any atom is -0.462 e. The van der Waals surface area contributed by atoms with Crippen LogP contribution >= 0.6 is 0 Å². The molecule has 6 nitrogen and oxygen atoms in total. The molecule has 0 heterocycles. The maximum absolute atomic E-state index is 12.9. The fourth-order valence-electron chi connectivity index (χ4n) is 9.82. The van der Waals surface area contributed by atoms with E-state index in [1.165, 1.54) is 193 Å². The third kappa shape index (κ3) is 66.9. The predicted octanol–water partition coefficient (Wildman–Crippen LogP) is 24.2. The van der Waals surface area contributed by atoms with Gasteiger partial charge in [0.25, 0.3) is 0 Å². The maximum Gasteiger partial charge on any atom is 0.306 e. The minimum atomic E-state index is -0.807. The van der Waals surface area contributed by atoms with Gasteiger partial charge in [0.05, 0.1) is 0 Å². The molecule has 0 radical (unpaired) electrons. The van der Waals surface area contributed by atoms with Crippen molar-refractivity contribution in [1.29, 1.82) is 0 Å². The Kier molecular flexibility index (Phi) is 66.2. The Balaban J connectivity index is 4.14. The molecule has 0 spiro atoms. The molecule has 0 saturated carbocycles. The Morgan fingerprint density at radius 2 is 0.488 bits per heavy atom. The van der Waals surface area contributed by atoms with E-state index < -0.39 is 6.10 Å². The van der Waals surface area contributed by atoms with Gasteiger partial charge in [0.2, 0.25) is 0 Å². The molecule has 6 heteroatoms. The van der Waals surface area contributed by atoms with E-state index in [-0.39, 0.29) is 37.5 Å². The molecule has 0 aromatic carbocycles. The Hall–Kier alpha value is -3.93. The fourth-order valence-corrected chi connectivity index (χ4v) is 9.82. The van der Waals surface area contributed by atoms with Crippen molar-refractivity contribution >= 4 is 17.9 Å². The molecule has 0 fully saturated rings. The van der Waals surface area contributed by atoms with Crippen molar-refractivity contribution < 1.29 is 28.6 Å². The Bertz CT molecular complexity index is 1640. The number of esters is 3. The topological polar surface area (TPSA) is 78.9 Å². The average Bonchev–Trinajstić information content (AvgIpc) is 3.47. The minimum absolute atomic E-state index is 0.0985. The van der Waals surface area contributed by atoms with Crippen molar-refractivity contribution in [2.24, 2.45) is 0 Å². The van der Waals surface area contributed by atoms with Gasteiger partial charge in [-0.1, -0.05) is 323 Å². The first kappa shape index (κ1) is 78.1. The lowest BCUT2D eigenvalue weighted by molar-refractivity contribution is -0.167. The van der Waals surface area contributed by atoms with Gasteiger partial charge in [0, 0.05) is 19.3 Å². The van der Waals surface area contributed by atoms with Crippen LogP contribution in [-0.2, 0) is 28.6 Å². The van der Waals surface area contributed by atoms with Crippen LogP contribution in [0.15, 0.2) is 109 Å². The first-order chi connectivity index (χ1) is 40.5. The highest BCUT2D eigenvalue weighted by Crippen LogP contribution is 2.17. The molecule has 0 aliphatic rings. The van der Waals surface area contributed by atoms with Gasteiger partial charge in [-0.2, -0.15) is 0 Å². The molecule has 0 amide bonds. The van der Waals surface area contributed by atoms with Gasteiger partial charge in [-0.3, -0.25) is 14.4 Å². The molecule has 0 aliphatic carbocycles. The monoisotopic (exact) mass is 1140 g/mol. The van der Waals surface area contributed by atoms with Crippen LogP contribution in [0.1, 0.15) is 335 Å². The molecule has 0 aliphatic heterocycles. The normalized spacial score (nSPS) is 12.8. The summed E-state index contributed by atoms with van der Waals surface area (Å²) in [6.45, 7) is 6.47. The predicted molar refractivity (Wildman–Crippen MR) is 357 cm³/mol. The zero-order valence-electron chi connectivity index (χ0n) is 54.0. The Morgan fingerprint density at radius 1 is 0.256 bits per heavy atom. The van der Waals surface area contributed by atoms with E-state index in [4.69, 9.17) is 14.2 Å². The van der Waals surface area contributed by atoms with Crippen LogP contribution in [0.4, 0.5) is 0 Å².